The Labute approximate surface area is 141 Å². The van der Waals surface area contributed by atoms with Gasteiger partial charge in [-0.05, 0) is 36.1 Å². The van der Waals surface area contributed by atoms with Crippen LogP contribution in [-0.2, 0) is 5.41 Å². The van der Waals surface area contributed by atoms with Gasteiger partial charge < -0.3 is 9.97 Å². The number of hydrogen-bond donors (Lipinski definition) is 2. The molecule has 0 bridgehead atoms. The Morgan fingerprint density at radius 3 is 1.61 bits per heavy atom. The van der Waals surface area contributed by atoms with Gasteiger partial charge in [-0.3, -0.25) is 0 Å². The highest BCUT2D eigenvalue weighted by molar-refractivity contribution is 5.75. The Kier molecular flexibility index (Phi) is 5.30. The van der Waals surface area contributed by atoms with Crippen LogP contribution < -0.4 is 0 Å². The Hall–Kier alpha value is -1.44. The molecule has 2 aromatic rings. The summed E-state index contributed by atoms with van der Waals surface area (Å²) < 4.78 is 0. The van der Waals surface area contributed by atoms with Gasteiger partial charge in [-0.25, -0.2) is 0 Å². The molecule has 2 heteroatoms. The summed E-state index contributed by atoms with van der Waals surface area (Å²) in [4.78, 5) is 6.97. The minimum absolute atomic E-state index is 0.256. The number of aromatic nitrogens is 2. The van der Waals surface area contributed by atoms with Crippen LogP contribution in [0.5, 0.6) is 0 Å². The van der Waals surface area contributed by atoms with Gasteiger partial charge in [0.05, 0.1) is 11.4 Å². The second kappa shape index (κ2) is 7.42. The molecular formula is C21H32N2. The molecule has 2 aromatic heterocycles. The van der Waals surface area contributed by atoms with Gasteiger partial charge in [-0.15, -0.1) is 0 Å². The number of rotatable bonds is 10. The lowest BCUT2D eigenvalue weighted by atomic mass is 9.71. The van der Waals surface area contributed by atoms with Crippen LogP contribution in [0.2, 0.25) is 0 Å². The summed E-state index contributed by atoms with van der Waals surface area (Å²) in [7, 11) is 0. The third-order valence-electron chi connectivity index (χ3n) is 5.69. The predicted molar refractivity (Wildman–Crippen MR) is 98.9 cm³/mol. The standard InChI is InChI=1S/C21H32N2/c1-3-5-7-9-13-21(14-10-8-6-4-2)17-11-15-22-19(17)20-18(21)12-16-23-20/h11-12,15-16,22-23H,3-10,13-14H2,1-2H3. The molecule has 3 rings (SSSR count). The molecule has 1 aliphatic carbocycles. The summed E-state index contributed by atoms with van der Waals surface area (Å²) in [5, 5.41) is 0. The predicted octanol–water partition coefficient (Wildman–Crippen LogP) is 6.55. The average molecular weight is 313 g/mol. The Morgan fingerprint density at radius 1 is 0.696 bits per heavy atom. The van der Waals surface area contributed by atoms with Crippen LogP contribution in [0, 0.1) is 0 Å². The Balaban J connectivity index is 1.83. The number of fused-ring (bicyclic) bond motifs is 3. The first-order chi connectivity index (χ1) is 11.3. The quantitative estimate of drug-likeness (QED) is 0.466. The number of hydrogen-bond acceptors (Lipinski definition) is 0. The minimum Gasteiger partial charge on any atom is -0.360 e. The van der Waals surface area contributed by atoms with Crippen LogP contribution in [0.15, 0.2) is 24.5 Å². The molecule has 0 atom stereocenters. The van der Waals surface area contributed by atoms with Gasteiger partial charge in [0.2, 0.25) is 0 Å². The van der Waals surface area contributed by atoms with E-state index in [2.05, 4.69) is 48.3 Å². The van der Waals surface area contributed by atoms with E-state index in [4.69, 9.17) is 0 Å². The van der Waals surface area contributed by atoms with Crippen molar-refractivity contribution in [3.05, 3.63) is 35.7 Å². The summed E-state index contributed by atoms with van der Waals surface area (Å²) in [5.41, 5.74) is 6.04. The van der Waals surface area contributed by atoms with E-state index in [1.54, 1.807) is 11.1 Å². The molecule has 0 spiro atoms. The van der Waals surface area contributed by atoms with Gasteiger partial charge in [0.25, 0.3) is 0 Å². The number of nitrogens with one attached hydrogen (secondary N) is 2. The first-order valence-electron chi connectivity index (χ1n) is 9.69. The number of aromatic amines is 2. The zero-order chi connectivity index (χ0) is 16.1. The average Bonchev–Trinajstić information content (AvgIpc) is 3.25. The van der Waals surface area contributed by atoms with Gasteiger partial charge in [0.1, 0.15) is 0 Å². The van der Waals surface area contributed by atoms with E-state index in [0.717, 1.165) is 0 Å². The lowest BCUT2D eigenvalue weighted by Crippen LogP contribution is -2.24. The van der Waals surface area contributed by atoms with Gasteiger partial charge in [-0.2, -0.15) is 0 Å². The van der Waals surface area contributed by atoms with E-state index < -0.39 is 0 Å². The van der Waals surface area contributed by atoms with Crippen molar-refractivity contribution in [3.8, 4) is 11.4 Å². The molecule has 0 saturated carbocycles. The van der Waals surface area contributed by atoms with Crippen LogP contribution in [0.3, 0.4) is 0 Å². The van der Waals surface area contributed by atoms with Crippen LogP contribution in [0.25, 0.3) is 11.4 Å². The van der Waals surface area contributed by atoms with Crippen molar-refractivity contribution in [2.45, 2.75) is 83.5 Å². The van der Waals surface area contributed by atoms with E-state index in [9.17, 15) is 0 Å². The van der Waals surface area contributed by atoms with Gasteiger partial charge >= 0.3 is 0 Å². The first kappa shape index (κ1) is 16.4. The van der Waals surface area contributed by atoms with Crippen molar-refractivity contribution in [3.63, 3.8) is 0 Å². The molecule has 0 amide bonds. The molecule has 23 heavy (non-hydrogen) atoms. The van der Waals surface area contributed by atoms with Crippen LogP contribution in [0.4, 0.5) is 0 Å². The largest absolute Gasteiger partial charge is 0.360 e. The zero-order valence-electron chi connectivity index (χ0n) is 14.9. The van der Waals surface area contributed by atoms with Crippen molar-refractivity contribution >= 4 is 0 Å². The summed E-state index contributed by atoms with van der Waals surface area (Å²) in [6.07, 6.45) is 17.6. The molecule has 0 radical (unpaired) electrons. The smallest absolute Gasteiger partial charge is 0.0664 e. The molecular weight excluding hydrogens is 280 g/mol. The van der Waals surface area contributed by atoms with Gasteiger partial charge in [-0.1, -0.05) is 65.2 Å². The van der Waals surface area contributed by atoms with Gasteiger partial charge in [0.15, 0.2) is 0 Å². The highest BCUT2D eigenvalue weighted by Crippen LogP contribution is 2.53. The van der Waals surface area contributed by atoms with Crippen molar-refractivity contribution in [2.75, 3.05) is 0 Å². The molecule has 0 aromatic carbocycles. The maximum absolute atomic E-state index is 3.49. The fourth-order valence-corrected chi connectivity index (χ4v) is 4.47. The first-order valence-corrected chi connectivity index (χ1v) is 9.69. The molecule has 1 aliphatic rings. The van der Waals surface area contributed by atoms with Crippen LogP contribution in [0.1, 0.15) is 89.2 Å². The third-order valence-corrected chi connectivity index (χ3v) is 5.69. The second-order valence-corrected chi connectivity index (χ2v) is 7.24. The molecule has 0 aliphatic heterocycles. The molecule has 2 heterocycles. The van der Waals surface area contributed by atoms with E-state index in [1.165, 1.54) is 75.6 Å². The molecule has 0 saturated heterocycles. The molecule has 126 valence electrons. The summed E-state index contributed by atoms with van der Waals surface area (Å²) in [5.74, 6) is 0. The fraction of sp³-hybridized carbons (Fsp3) is 0.619. The molecule has 2 nitrogen and oxygen atoms in total. The molecule has 0 fully saturated rings. The lowest BCUT2D eigenvalue weighted by Gasteiger charge is -2.31. The second-order valence-electron chi connectivity index (χ2n) is 7.24. The van der Waals surface area contributed by atoms with Crippen molar-refractivity contribution < 1.29 is 0 Å². The van der Waals surface area contributed by atoms with E-state index in [-0.39, 0.29) is 5.41 Å². The summed E-state index contributed by atoms with van der Waals surface area (Å²) in [6.45, 7) is 4.59. The number of H-pyrrole nitrogens is 2. The Bertz CT molecular complexity index is 551. The van der Waals surface area contributed by atoms with Crippen LogP contribution >= 0.6 is 0 Å². The lowest BCUT2D eigenvalue weighted by molar-refractivity contribution is 0.401. The van der Waals surface area contributed by atoms with E-state index in [0.29, 0.717) is 0 Å². The maximum atomic E-state index is 3.49. The van der Waals surface area contributed by atoms with E-state index in [1.807, 2.05) is 0 Å². The van der Waals surface area contributed by atoms with Crippen molar-refractivity contribution in [1.29, 1.82) is 0 Å². The maximum Gasteiger partial charge on any atom is 0.0664 e. The highest BCUT2D eigenvalue weighted by atomic mass is 14.8. The SMILES string of the molecule is CCCCCCC1(CCCCCC)c2cc[nH]c2-c2[nH]ccc21. The zero-order valence-corrected chi connectivity index (χ0v) is 14.9. The fourth-order valence-electron chi connectivity index (χ4n) is 4.47. The van der Waals surface area contributed by atoms with Crippen molar-refractivity contribution in [2.24, 2.45) is 0 Å². The monoisotopic (exact) mass is 312 g/mol. The third kappa shape index (κ3) is 3.00. The van der Waals surface area contributed by atoms with E-state index >= 15 is 0 Å². The molecule has 2 N–H and O–H groups in total. The summed E-state index contributed by atoms with van der Waals surface area (Å²) >= 11 is 0. The molecule has 0 unspecified atom stereocenters. The van der Waals surface area contributed by atoms with Crippen molar-refractivity contribution in [1.82, 2.24) is 9.97 Å². The highest BCUT2D eigenvalue weighted by Gasteiger charge is 2.43. The summed E-state index contributed by atoms with van der Waals surface area (Å²) in [6, 6.07) is 4.67. The topological polar surface area (TPSA) is 31.6 Å². The van der Waals surface area contributed by atoms with Gasteiger partial charge in [0, 0.05) is 17.8 Å². The normalized spacial score (nSPS) is 14.9. The van der Waals surface area contributed by atoms with Crippen LogP contribution in [-0.4, -0.2) is 9.97 Å². The Morgan fingerprint density at radius 2 is 1.17 bits per heavy atom. The minimum atomic E-state index is 0.256. The number of unbranched alkanes of at least 4 members (excludes halogenated alkanes) is 6.